The van der Waals surface area contributed by atoms with Gasteiger partial charge in [-0.25, -0.2) is 0 Å². The van der Waals surface area contributed by atoms with Crippen molar-refractivity contribution in [3.05, 3.63) is 36.0 Å². The van der Waals surface area contributed by atoms with Gasteiger partial charge in [0.1, 0.15) is 0 Å². The van der Waals surface area contributed by atoms with Crippen LogP contribution in [-0.2, 0) is 22.8 Å². The van der Waals surface area contributed by atoms with Gasteiger partial charge in [-0.1, -0.05) is 17.3 Å². The minimum atomic E-state index is -3.68. The van der Waals surface area contributed by atoms with E-state index in [1.54, 1.807) is 24.9 Å². The van der Waals surface area contributed by atoms with Gasteiger partial charge < -0.3 is 0 Å². The third-order valence-corrected chi connectivity index (χ3v) is 4.21. The number of hydrogen-bond acceptors (Lipinski definition) is 5. The van der Waals surface area contributed by atoms with E-state index >= 15 is 0 Å². The molecule has 0 aliphatic heterocycles. The van der Waals surface area contributed by atoms with Crippen LogP contribution in [-0.4, -0.2) is 29.7 Å². The zero-order valence-corrected chi connectivity index (χ0v) is 12.2. The van der Waals surface area contributed by atoms with Gasteiger partial charge in [0.25, 0.3) is 10.0 Å². The Kier molecular flexibility index (Phi) is 4.11. The number of aryl methyl sites for hydroxylation is 1. The molecule has 1 aromatic heterocycles. The van der Waals surface area contributed by atoms with Crippen LogP contribution in [0.2, 0.25) is 0 Å². The molecule has 1 N–H and O–H groups in total. The first-order valence-electron chi connectivity index (χ1n) is 5.48. The molecule has 0 bridgehead atoms. The first-order chi connectivity index (χ1) is 9.01. The maximum atomic E-state index is 12.1. The Labute approximate surface area is 116 Å². The molecule has 0 atom stereocenters. The molecule has 2 rings (SSSR count). The molecule has 0 fully saturated rings. The lowest BCUT2D eigenvalue weighted by atomic mass is 10.2. The molecule has 1 aromatic carbocycles. The van der Waals surface area contributed by atoms with Crippen molar-refractivity contribution in [1.82, 2.24) is 15.0 Å². The zero-order valence-electron chi connectivity index (χ0n) is 10.6. The van der Waals surface area contributed by atoms with E-state index in [9.17, 15) is 8.42 Å². The molecule has 2 aromatic rings. The summed E-state index contributed by atoms with van der Waals surface area (Å²) in [6, 6.07) is 7.29. The molecule has 1 heterocycles. The summed E-state index contributed by atoms with van der Waals surface area (Å²) in [5.74, 6) is 0.834. The number of nitrogens with zero attached hydrogens (tertiary/aromatic N) is 3. The monoisotopic (exact) mass is 298 g/mol. The van der Waals surface area contributed by atoms with Gasteiger partial charge in [-0.3, -0.25) is 9.40 Å². The van der Waals surface area contributed by atoms with Crippen LogP contribution < -0.4 is 4.72 Å². The van der Waals surface area contributed by atoms with Gasteiger partial charge in [-0.05, 0) is 24.0 Å². The standard InChI is InChI=1S/C11H14N4O2S2/c1-15-7-11(12-14-15)19(16,17)13-10-5-3-4-9(6-10)8-18-2/h3-7,13H,8H2,1-2H3. The number of rotatable bonds is 5. The van der Waals surface area contributed by atoms with Crippen molar-refractivity contribution in [3.63, 3.8) is 0 Å². The highest BCUT2D eigenvalue weighted by atomic mass is 32.2. The van der Waals surface area contributed by atoms with Crippen molar-refractivity contribution in [2.45, 2.75) is 10.8 Å². The third-order valence-electron chi connectivity index (χ3n) is 2.35. The van der Waals surface area contributed by atoms with E-state index in [1.165, 1.54) is 10.9 Å². The smallest absolute Gasteiger partial charge is 0.278 e. The highest BCUT2D eigenvalue weighted by Crippen LogP contribution is 2.17. The number of thioether (sulfide) groups is 1. The number of benzene rings is 1. The number of sulfonamides is 1. The highest BCUT2D eigenvalue weighted by Gasteiger charge is 2.18. The van der Waals surface area contributed by atoms with E-state index < -0.39 is 10.0 Å². The van der Waals surface area contributed by atoms with Crippen LogP contribution >= 0.6 is 11.8 Å². The van der Waals surface area contributed by atoms with Gasteiger partial charge in [0, 0.05) is 18.5 Å². The fourth-order valence-corrected chi connectivity index (χ4v) is 3.04. The van der Waals surface area contributed by atoms with Gasteiger partial charge in [0.05, 0.1) is 6.20 Å². The molecule has 0 aliphatic carbocycles. The molecule has 8 heteroatoms. The second-order valence-electron chi connectivity index (χ2n) is 3.97. The largest absolute Gasteiger partial charge is 0.282 e. The molecule has 102 valence electrons. The van der Waals surface area contributed by atoms with Crippen LogP contribution in [0.25, 0.3) is 0 Å². The Hall–Kier alpha value is -1.54. The van der Waals surface area contributed by atoms with Crippen LogP contribution in [0.15, 0.2) is 35.5 Å². The summed E-state index contributed by atoms with van der Waals surface area (Å²) in [7, 11) is -2.06. The van der Waals surface area contributed by atoms with Gasteiger partial charge in [0.2, 0.25) is 5.03 Å². The number of hydrogen-bond donors (Lipinski definition) is 1. The van der Waals surface area contributed by atoms with Crippen molar-refractivity contribution in [2.24, 2.45) is 7.05 Å². The minimum absolute atomic E-state index is 0.0923. The normalized spacial score (nSPS) is 11.5. The molecule has 0 spiro atoms. The summed E-state index contributed by atoms with van der Waals surface area (Å²) in [6.45, 7) is 0. The average molecular weight is 298 g/mol. The van der Waals surface area contributed by atoms with Crippen molar-refractivity contribution in [2.75, 3.05) is 11.0 Å². The van der Waals surface area contributed by atoms with Crippen molar-refractivity contribution < 1.29 is 8.42 Å². The lowest BCUT2D eigenvalue weighted by molar-refractivity contribution is 0.597. The van der Waals surface area contributed by atoms with E-state index in [0.29, 0.717) is 5.69 Å². The second kappa shape index (κ2) is 5.62. The quantitative estimate of drug-likeness (QED) is 0.904. The molecule has 0 unspecified atom stereocenters. The minimum Gasteiger partial charge on any atom is -0.278 e. The summed E-state index contributed by atoms with van der Waals surface area (Å²) in [5.41, 5.74) is 1.59. The summed E-state index contributed by atoms with van der Waals surface area (Å²) in [5, 5.41) is 7.12. The van der Waals surface area contributed by atoms with Crippen LogP contribution in [0, 0.1) is 0 Å². The van der Waals surface area contributed by atoms with Crippen molar-refractivity contribution in [3.8, 4) is 0 Å². The average Bonchev–Trinajstić information content (AvgIpc) is 2.77. The molecular weight excluding hydrogens is 284 g/mol. The topological polar surface area (TPSA) is 76.9 Å². The van der Waals surface area contributed by atoms with E-state index in [0.717, 1.165) is 11.3 Å². The second-order valence-corrected chi connectivity index (χ2v) is 6.46. The van der Waals surface area contributed by atoms with Gasteiger partial charge in [-0.2, -0.15) is 20.2 Å². The lowest BCUT2D eigenvalue weighted by Crippen LogP contribution is -2.13. The van der Waals surface area contributed by atoms with Crippen LogP contribution in [0.1, 0.15) is 5.56 Å². The maximum absolute atomic E-state index is 12.1. The van der Waals surface area contributed by atoms with Crippen molar-refractivity contribution in [1.29, 1.82) is 0 Å². The Morgan fingerprint density at radius 3 is 2.84 bits per heavy atom. The molecule has 0 amide bonds. The molecule has 0 saturated heterocycles. The SMILES string of the molecule is CSCc1cccc(NS(=O)(=O)c2cn(C)nn2)c1. The molecule has 6 nitrogen and oxygen atoms in total. The molecule has 0 saturated carbocycles. The number of nitrogens with one attached hydrogen (secondary N) is 1. The Balaban J connectivity index is 2.23. The van der Waals surface area contributed by atoms with Gasteiger partial charge >= 0.3 is 0 Å². The molecule has 19 heavy (non-hydrogen) atoms. The van der Waals surface area contributed by atoms with Gasteiger partial charge in [-0.15, -0.1) is 5.10 Å². The summed E-state index contributed by atoms with van der Waals surface area (Å²) in [6.07, 6.45) is 3.35. The molecule has 0 aliphatic rings. The Bertz CT molecular complexity index is 667. The molecule has 0 radical (unpaired) electrons. The van der Waals surface area contributed by atoms with E-state index in [2.05, 4.69) is 15.0 Å². The predicted molar refractivity (Wildman–Crippen MR) is 75.5 cm³/mol. The first-order valence-corrected chi connectivity index (χ1v) is 8.36. The number of aromatic nitrogens is 3. The van der Waals surface area contributed by atoms with E-state index in [1.807, 2.05) is 24.5 Å². The van der Waals surface area contributed by atoms with Crippen molar-refractivity contribution >= 4 is 27.5 Å². The number of anilines is 1. The maximum Gasteiger partial charge on any atom is 0.282 e. The Morgan fingerprint density at radius 2 is 2.21 bits per heavy atom. The highest BCUT2D eigenvalue weighted by molar-refractivity contribution is 7.97. The zero-order chi connectivity index (χ0) is 13.9. The summed E-state index contributed by atoms with van der Waals surface area (Å²) >= 11 is 1.68. The third kappa shape index (κ3) is 3.48. The molecular formula is C11H14N4O2S2. The summed E-state index contributed by atoms with van der Waals surface area (Å²) in [4.78, 5) is 0. The van der Waals surface area contributed by atoms with Crippen LogP contribution in [0.5, 0.6) is 0 Å². The fourth-order valence-electron chi connectivity index (χ4n) is 1.55. The summed E-state index contributed by atoms with van der Waals surface area (Å²) < 4.78 is 27.9. The van der Waals surface area contributed by atoms with Gasteiger partial charge in [0.15, 0.2) is 0 Å². The van der Waals surface area contributed by atoms with E-state index in [-0.39, 0.29) is 5.03 Å². The van der Waals surface area contributed by atoms with E-state index in [4.69, 9.17) is 0 Å². The predicted octanol–water partition coefficient (Wildman–Crippen LogP) is 1.48. The first kappa shape index (κ1) is 13.9. The van der Waals surface area contributed by atoms with Crippen LogP contribution in [0.4, 0.5) is 5.69 Å². The van der Waals surface area contributed by atoms with Crippen LogP contribution in [0.3, 0.4) is 0 Å². The Morgan fingerprint density at radius 1 is 1.42 bits per heavy atom. The lowest BCUT2D eigenvalue weighted by Gasteiger charge is -2.07. The fraction of sp³-hybridized carbons (Fsp3) is 0.273.